The van der Waals surface area contributed by atoms with Crippen molar-refractivity contribution in [2.75, 3.05) is 31.5 Å². The Bertz CT molecular complexity index is 991. The Morgan fingerprint density at radius 1 is 1.22 bits per heavy atom. The van der Waals surface area contributed by atoms with Crippen LogP contribution in [0.25, 0.3) is 5.57 Å². The zero-order valence-electron chi connectivity index (χ0n) is 18.3. The third-order valence-corrected chi connectivity index (χ3v) is 6.85. The molecule has 2 bridgehead atoms. The van der Waals surface area contributed by atoms with E-state index in [0.29, 0.717) is 23.9 Å². The van der Waals surface area contributed by atoms with Crippen molar-refractivity contribution >= 4 is 23.2 Å². The molecule has 0 saturated carbocycles. The molecule has 5 aliphatic rings. The van der Waals surface area contributed by atoms with Crippen molar-refractivity contribution in [2.24, 2.45) is 11.8 Å². The van der Waals surface area contributed by atoms with Gasteiger partial charge in [-0.3, -0.25) is 4.79 Å². The molecule has 3 N–H and O–H groups in total. The standard InChI is InChI=1S/C25H30N4O3/c1-2-26-25(31)27-19-7-3-5-17(13-19)20-8-4-6-18-14-22(32-23(18)20)24(30)28-21-15-29-11-9-16(21)10-12-29/h3-8,13-14,16,18,21,23H,2,9-12,15H2,1H3,(H,28,30)(H2,26,27,31)/t18?,21-,23?/m0/s1. The molecule has 7 heteroatoms. The van der Waals surface area contributed by atoms with Crippen LogP contribution in [-0.2, 0) is 9.53 Å². The maximum atomic E-state index is 13.0. The topological polar surface area (TPSA) is 82.7 Å². The summed E-state index contributed by atoms with van der Waals surface area (Å²) in [5, 5.41) is 8.81. The van der Waals surface area contributed by atoms with E-state index < -0.39 is 0 Å². The summed E-state index contributed by atoms with van der Waals surface area (Å²) >= 11 is 0. The highest BCUT2D eigenvalue weighted by atomic mass is 16.5. The van der Waals surface area contributed by atoms with E-state index in [1.54, 1.807) is 0 Å². The van der Waals surface area contributed by atoms with Crippen LogP contribution in [0.3, 0.4) is 0 Å². The van der Waals surface area contributed by atoms with Crippen LogP contribution in [0.4, 0.5) is 10.5 Å². The highest BCUT2D eigenvalue weighted by molar-refractivity contribution is 5.93. The Hall–Kier alpha value is -3.06. The van der Waals surface area contributed by atoms with Gasteiger partial charge in [0.2, 0.25) is 0 Å². The molecule has 0 spiro atoms. The Morgan fingerprint density at radius 2 is 2.06 bits per heavy atom. The van der Waals surface area contributed by atoms with Crippen molar-refractivity contribution in [1.82, 2.24) is 15.5 Å². The molecule has 0 aromatic heterocycles. The number of ether oxygens (including phenoxy) is 1. The Morgan fingerprint density at radius 3 is 2.81 bits per heavy atom. The molecule has 7 nitrogen and oxygen atoms in total. The lowest BCUT2D eigenvalue weighted by Gasteiger charge is -2.44. The number of nitrogens with zero attached hydrogens (tertiary/aromatic N) is 1. The van der Waals surface area contributed by atoms with Crippen LogP contribution in [0.1, 0.15) is 25.3 Å². The summed E-state index contributed by atoms with van der Waals surface area (Å²) < 4.78 is 6.19. The first-order valence-corrected chi connectivity index (χ1v) is 11.6. The molecule has 6 rings (SSSR count). The summed E-state index contributed by atoms with van der Waals surface area (Å²) in [6, 6.07) is 7.68. The Kier molecular flexibility index (Phi) is 5.74. The first-order chi connectivity index (χ1) is 15.6. The summed E-state index contributed by atoms with van der Waals surface area (Å²) in [5.74, 6) is 0.883. The van der Waals surface area contributed by atoms with Gasteiger partial charge in [-0.05, 0) is 62.5 Å². The summed E-state index contributed by atoms with van der Waals surface area (Å²) in [6.45, 7) is 5.67. The normalized spacial score (nSPS) is 30.0. The predicted molar refractivity (Wildman–Crippen MR) is 124 cm³/mol. The van der Waals surface area contributed by atoms with Gasteiger partial charge >= 0.3 is 6.03 Å². The molecule has 3 saturated heterocycles. The van der Waals surface area contributed by atoms with E-state index in [9.17, 15) is 9.59 Å². The summed E-state index contributed by atoms with van der Waals surface area (Å²) in [5.41, 5.74) is 2.68. The lowest BCUT2D eigenvalue weighted by atomic mass is 9.84. The maximum absolute atomic E-state index is 13.0. The van der Waals surface area contributed by atoms with E-state index in [2.05, 4.69) is 26.9 Å². The van der Waals surface area contributed by atoms with E-state index in [-0.39, 0.29) is 30.0 Å². The van der Waals surface area contributed by atoms with Crippen molar-refractivity contribution in [3.63, 3.8) is 0 Å². The van der Waals surface area contributed by atoms with Crippen LogP contribution in [0.2, 0.25) is 0 Å². The fourth-order valence-corrected chi connectivity index (χ4v) is 5.20. The number of rotatable bonds is 5. The van der Waals surface area contributed by atoms with Crippen molar-refractivity contribution < 1.29 is 14.3 Å². The molecule has 4 heterocycles. The third-order valence-electron chi connectivity index (χ3n) is 6.85. The largest absolute Gasteiger partial charge is 0.479 e. The number of hydrogen-bond acceptors (Lipinski definition) is 4. The minimum Gasteiger partial charge on any atom is -0.479 e. The van der Waals surface area contributed by atoms with E-state index in [0.717, 1.165) is 43.6 Å². The van der Waals surface area contributed by atoms with E-state index >= 15 is 0 Å². The number of hydrogen-bond donors (Lipinski definition) is 3. The molecule has 1 aromatic rings. The number of anilines is 1. The number of fused-ring (bicyclic) bond motifs is 4. The molecule has 1 aromatic carbocycles. The average Bonchev–Trinajstić information content (AvgIpc) is 3.25. The SMILES string of the molecule is CCNC(=O)Nc1cccc(C2=CC=CC3C=C(C(=O)N[C@H]4CN5CCC4CC5)OC23)c1. The second-order valence-electron chi connectivity index (χ2n) is 8.94. The number of amides is 3. The highest BCUT2D eigenvalue weighted by Crippen LogP contribution is 2.38. The number of nitrogens with one attached hydrogen (secondary N) is 3. The van der Waals surface area contributed by atoms with Gasteiger partial charge in [0.05, 0.1) is 0 Å². The fourth-order valence-electron chi connectivity index (χ4n) is 5.20. The van der Waals surface area contributed by atoms with Crippen LogP contribution in [0, 0.1) is 11.8 Å². The molecule has 3 fully saturated rings. The van der Waals surface area contributed by atoms with E-state index in [1.165, 1.54) is 0 Å². The fraction of sp³-hybridized carbons (Fsp3) is 0.440. The maximum Gasteiger partial charge on any atom is 0.319 e. The van der Waals surface area contributed by atoms with Gasteiger partial charge in [-0.2, -0.15) is 0 Å². The molecular weight excluding hydrogens is 404 g/mol. The van der Waals surface area contributed by atoms with Gasteiger partial charge in [-0.25, -0.2) is 4.79 Å². The van der Waals surface area contributed by atoms with Gasteiger partial charge in [-0.15, -0.1) is 0 Å². The first kappa shape index (κ1) is 20.8. The van der Waals surface area contributed by atoms with Crippen LogP contribution < -0.4 is 16.0 Å². The summed E-state index contributed by atoms with van der Waals surface area (Å²) in [7, 11) is 0. The van der Waals surface area contributed by atoms with Crippen molar-refractivity contribution in [3.8, 4) is 0 Å². The molecular formula is C25H30N4O3. The molecule has 3 amide bonds. The van der Waals surface area contributed by atoms with Gasteiger partial charge in [0.25, 0.3) is 5.91 Å². The smallest absolute Gasteiger partial charge is 0.319 e. The number of allylic oxidation sites excluding steroid dienone is 2. The Labute approximate surface area is 188 Å². The molecule has 0 radical (unpaired) electrons. The zero-order valence-corrected chi connectivity index (χ0v) is 18.3. The average molecular weight is 435 g/mol. The molecule has 168 valence electrons. The van der Waals surface area contributed by atoms with Crippen molar-refractivity contribution in [1.29, 1.82) is 0 Å². The minimum atomic E-state index is -0.243. The second kappa shape index (κ2) is 8.82. The van der Waals surface area contributed by atoms with Crippen molar-refractivity contribution in [3.05, 3.63) is 59.9 Å². The number of carbonyl (C=O) groups excluding carboxylic acids is 2. The van der Waals surface area contributed by atoms with E-state index in [1.807, 2.05) is 49.4 Å². The zero-order chi connectivity index (χ0) is 22.1. The van der Waals surface area contributed by atoms with Crippen LogP contribution >= 0.6 is 0 Å². The minimum absolute atomic E-state index is 0.0160. The number of urea groups is 1. The molecule has 32 heavy (non-hydrogen) atoms. The monoisotopic (exact) mass is 434 g/mol. The van der Waals surface area contributed by atoms with Crippen molar-refractivity contribution in [2.45, 2.75) is 31.9 Å². The number of piperidine rings is 3. The predicted octanol–water partition coefficient (Wildman–Crippen LogP) is 2.89. The molecule has 2 unspecified atom stereocenters. The molecule has 4 aliphatic heterocycles. The Balaban J connectivity index is 1.27. The quantitative estimate of drug-likeness (QED) is 0.666. The van der Waals surface area contributed by atoms with Crippen LogP contribution in [0.15, 0.2) is 54.3 Å². The van der Waals surface area contributed by atoms with Gasteiger partial charge in [0.15, 0.2) is 5.76 Å². The highest BCUT2D eigenvalue weighted by Gasteiger charge is 2.38. The van der Waals surface area contributed by atoms with Crippen LogP contribution in [-0.4, -0.2) is 55.2 Å². The molecule has 1 aliphatic carbocycles. The summed E-state index contributed by atoms with van der Waals surface area (Å²) in [4.78, 5) is 27.3. The number of benzene rings is 1. The lowest BCUT2D eigenvalue weighted by Crippen LogP contribution is -2.57. The summed E-state index contributed by atoms with van der Waals surface area (Å²) in [6.07, 6.45) is 10.1. The van der Waals surface area contributed by atoms with Gasteiger partial charge in [0.1, 0.15) is 6.10 Å². The lowest BCUT2D eigenvalue weighted by molar-refractivity contribution is -0.123. The molecule has 3 atom stereocenters. The first-order valence-electron chi connectivity index (χ1n) is 11.6. The third kappa shape index (κ3) is 4.17. The van der Waals surface area contributed by atoms with E-state index in [4.69, 9.17) is 4.74 Å². The second-order valence-corrected chi connectivity index (χ2v) is 8.94. The van der Waals surface area contributed by atoms with Gasteiger partial charge in [0, 0.05) is 36.3 Å². The van der Waals surface area contributed by atoms with Gasteiger partial charge in [-0.1, -0.05) is 30.4 Å². The number of carbonyl (C=O) groups is 2. The van der Waals surface area contributed by atoms with Crippen LogP contribution in [0.5, 0.6) is 0 Å². The van der Waals surface area contributed by atoms with Gasteiger partial charge < -0.3 is 25.6 Å².